The minimum absolute atomic E-state index is 0. The maximum absolute atomic E-state index is 12.9. The van der Waals surface area contributed by atoms with E-state index in [2.05, 4.69) is 27.1 Å². The van der Waals surface area contributed by atoms with E-state index in [1.165, 1.54) is 17.7 Å². The first kappa shape index (κ1) is 20.7. The normalized spacial score (nSPS) is 12.2. The van der Waals surface area contributed by atoms with Crippen LogP contribution in [-0.4, -0.2) is 25.2 Å². The van der Waals surface area contributed by atoms with Crippen molar-refractivity contribution in [1.29, 1.82) is 0 Å². The fourth-order valence-electron chi connectivity index (χ4n) is 1.92. The van der Waals surface area contributed by atoms with E-state index >= 15 is 0 Å². The predicted molar refractivity (Wildman–Crippen MR) is 109 cm³/mol. The topological polar surface area (TPSA) is 45.7 Å². The molecule has 132 valence electrons. The number of hydrogen-bond donors (Lipinski definition) is 2. The van der Waals surface area contributed by atoms with Gasteiger partial charge in [0.2, 0.25) is 0 Å². The van der Waals surface area contributed by atoms with Gasteiger partial charge in [-0.05, 0) is 60.5 Å². The Hall–Kier alpha value is -1.35. The van der Waals surface area contributed by atoms with Gasteiger partial charge in [0.25, 0.3) is 0 Å². The van der Waals surface area contributed by atoms with Crippen LogP contribution < -0.4 is 15.4 Å². The van der Waals surface area contributed by atoms with Crippen LogP contribution in [0.3, 0.4) is 0 Å². The molecule has 1 aromatic carbocycles. The fraction of sp³-hybridized carbons (Fsp3) is 0.353. The molecule has 24 heavy (non-hydrogen) atoms. The average molecular weight is 463 g/mol. The lowest BCUT2D eigenvalue weighted by Crippen LogP contribution is -2.41. The number of nitrogens with zero attached hydrogens (tertiary/aromatic N) is 1. The summed E-state index contributed by atoms with van der Waals surface area (Å²) in [6, 6.07) is 8.10. The summed E-state index contributed by atoms with van der Waals surface area (Å²) in [5, 5.41) is 10.6. The summed E-state index contributed by atoms with van der Waals surface area (Å²) in [6.07, 6.45) is -0.0644. The number of nitrogens with one attached hydrogen (secondary N) is 2. The Morgan fingerprint density at radius 2 is 2.00 bits per heavy atom. The van der Waals surface area contributed by atoms with Crippen molar-refractivity contribution in [1.82, 2.24) is 10.6 Å². The molecule has 1 heterocycles. The van der Waals surface area contributed by atoms with E-state index in [9.17, 15) is 4.39 Å². The second kappa shape index (κ2) is 11.2. The Kier molecular flexibility index (Phi) is 9.70. The Morgan fingerprint density at radius 1 is 1.25 bits per heavy atom. The molecule has 0 radical (unpaired) electrons. The molecular formula is C17H23FIN3OS. The second-order valence-corrected chi connectivity index (χ2v) is 5.87. The molecule has 0 bridgehead atoms. The molecule has 2 rings (SSSR count). The van der Waals surface area contributed by atoms with Crippen LogP contribution in [0.4, 0.5) is 4.39 Å². The summed E-state index contributed by atoms with van der Waals surface area (Å²) in [5.74, 6) is 1.15. The molecule has 0 saturated carbocycles. The van der Waals surface area contributed by atoms with Gasteiger partial charge in [-0.2, -0.15) is 11.3 Å². The van der Waals surface area contributed by atoms with Crippen molar-refractivity contribution in [3.8, 4) is 5.75 Å². The lowest BCUT2D eigenvalue weighted by molar-refractivity contribution is 0.223. The van der Waals surface area contributed by atoms with Crippen molar-refractivity contribution in [2.24, 2.45) is 4.99 Å². The highest BCUT2D eigenvalue weighted by Gasteiger charge is 2.06. The molecule has 4 nitrogen and oxygen atoms in total. The van der Waals surface area contributed by atoms with Crippen molar-refractivity contribution >= 4 is 41.3 Å². The lowest BCUT2D eigenvalue weighted by Gasteiger charge is -2.17. The van der Waals surface area contributed by atoms with Gasteiger partial charge in [0.1, 0.15) is 17.7 Å². The van der Waals surface area contributed by atoms with E-state index in [4.69, 9.17) is 4.74 Å². The molecule has 0 aliphatic heterocycles. The van der Waals surface area contributed by atoms with Crippen LogP contribution in [0, 0.1) is 5.82 Å². The summed E-state index contributed by atoms with van der Waals surface area (Å²) in [4.78, 5) is 4.54. The highest BCUT2D eigenvalue weighted by molar-refractivity contribution is 14.0. The van der Waals surface area contributed by atoms with E-state index < -0.39 is 0 Å². The molecule has 0 amide bonds. The molecular weight excluding hydrogens is 440 g/mol. The van der Waals surface area contributed by atoms with Crippen LogP contribution in [-0.2, 0) is 6.54 Å². The first-order chi connectivity index (χ1) is 11.2. The van der Waals surface area contributed by atoms with E-state index in [0.29, 0.717) is 18.8 Å². The zero-order valence-corrected chi connectivity index (χ0v) is 16.9. The summed E-state index contributed by atoms with van der Waals surface area (Å²) in [5.41, 5.74) is 1.20. The number of thiophene rings is 1. The summed E-state index contributed by atoms with van der Waals surface area (Å²) in [7, 11) is 0. The number of ether oxygens (including phenoxy) is 1. The van der Waals surface area contributed by atoms with Crippen molar-refractivity contribution in [2.45, 2.75) is 26.5 Å². The van der Waals surface area contributed by atoms with Crippen LogP contribution >= 0.6 is 35.3 Å². The Bertz CT molecular complexity index is 605. The predicted octanol–water partition coefficient (Wildman–Crippen LogP) is 4.03. The van der Waals surface area contributed by atoms with Gasteiger partial charge in [-0.1, -0.05) is 0 Å². The van der Waals surface area contributed by atoms with Crippen LogP contribution in [0.5, 0.6) is 5.75 Å². The first-order valence-electron chi connectivity index (χ1n) is 7.63. The zero-order chi connectivity index (χ0) is 16.5. The number of guanidine groups is 1. The molecule has 2 N–H and O–H groups in total. The van der Waals surface area contributed by atoms with Gasteiger partial charge >= 0.3 is 0 Å². The summed E-state index contributed by atoms with van der Waals surface area (Å²) < 4.78 is 18.6. The van der Waals surface area contributed by atoms with Crippen LogP contribution in [0.25, 0.3) is 0 Å². The third kappa shape index (κ3) is 7.48. The highest BCUT2D eigenvalue weighted by atomic mass is 127. The van der Waals surface area contributed by atoms with Crippen molar-refractivity contribution in [3.63, 3.8) is 0 Å². The highest BCUT2D eigenvalue weighted by Crippen LogP contribution is 2.12. The molecule has 1 atom stereocenters. The van der Waals surface area contributed by atoms with Gasteiger partial charge in [-0.25, -0.2) is 9.38 Å². The molecule has 1 aromatic heterocycles. The van der Waals surface area contributed by atoms with Crippen molar-refractivity contribution < 1.29 is 9.13 Å². The quantitative estimate of drug-likeness (QED) is 0.371. The van der Waals surface area contributed by atoms with Crippen molar-refractivity contribution in [3.05, 3.63) is 52.5 Å². The first-order valence-corrected chi connectivity index (χ1v) is 8.57. The minimum Gasteiger partial charge on any atom is -0.489 e. The summed E-state index contributed by atoms with van der Waals surface area (Å²) in [6.45, 7) is 6.03. The molecule has 0 aliphatic carbocycles. The number of rotatable bonds is 7. The van der Waals surface area contributed by atoms with E-state index in [1.54, 1.807) is 23.5 Å². The van der Waals surface area contributed by atoms with Gasteiger partial charge in [0.05, 0.1) is 13.1 Å². The lowest BCUT2D eigenvalue weighted by atomic mass is 10.3. The maximum atomic E-state index is 12.9. The van der Waals surface area contributed by atoms with Crippen molar-refractivity contribution in [2.75, 3.05) is 13.1 Å². The second-order valence-electron chi connectivity index (χ2n) is 5.09. The van der Waals surface area contributed by atoms with Crippen LogP contribution in [0.15, 0.2) is 46.1 Å². The number of aliphatic imine (C=N–C) groups is 1. The Labute approximate surface area is 163 Å². The van der Waals surface area contributed by atoms with Gasteiger partial charge in [-0.3, -0.25) is 0 Å². The maximum Gasteiger partial charge on any atom is 0.191 e. The number of hydrogen-bond acceptors (Lipinski definition) is 3. The average Bonchev–Trinajstić information content (AvgIpc) is 3.06. The van der Waals surface area contributed by atoms with Gasteiger partial charge in [0.15, 0.2) is 5.96 Å². The van der Waals surface area contributed by atoms with Gasteiger partial charge in [0, 0.05) is 6.54 Å². The Balaban J connectivity index is 0.00000288. The molecule has 0 spiro atoms. The summed E-state index contributed by atoms with van der Waals surface area (Å²) >= 11 is 1.67. The minimum atomic E-state index is -0.266. The van der Waals surface area contributed by atoms with E-state index in [0.717, 1.165) is 12.5 Å². The standard InChI is InChI=1S/C17H22FN3OS.HI/c1-3-19-17(21-11-14-8-9-23-12-14)20-10-13(2)22-16-6-4-15(18)5-7-16;/h4-9,12-13H,3,10-11H2,1-2H3,(H2,19,20,21);1H. The molecule has 0 saturated heterocycles. The SMILES string of the molecule is CCNC(=NCc1ccsc1)NCC(C)Oc1ccc(F)cc1.I. The van der Waals surface area contributed by atoms with Crippen LogP contribution in [0.2, 0.25) is 0 Å². The Morgan fingerprint density at radius 3 is 2.62 bits per heavy atom. The van der Waals surface area contributed by atoms with E-state index in [1.807, 2.05) is 19.2 Å². The molecule has 0 fully saturated rings. The molecule has 1 unspecified atom stereocenters. The largest absolute Gasteiger partial charge is 0.489 e. The van der Waals surface area contributed by atoms with E-state index in [-0.39, 0.29) is 35.9 Å². The smallest absolute Gasteiger partial charge is 0.191 e. The van der Waals surface area contributed by atoms with Gasteiger partial charge in [-0.15, -0.1) is 24.0 Å². The third-order valence-electron chi connectivity index (χ3n) is 3.05. The monoisotopic (exact) mass is 463 g/mol. The molecule has 7 heteroatoms. The number of halogens is 2. The molecule has 2 aromatic rings. The third-order valence-corrected chi connectivity index (χ3v) is 3.78. The fourth-order valence-corrected chi connectivity index (χ4v) is 2.58. The number of benzene rings is 1. The molecule has 0 aliphatic rings. The van der Waals surface area contributed by atoms with Gasteiger partial charge < -0.3 is 15.4 Å². The zero-order valence-electron chi connectivity index (χ0n) is 13.8. The van der Waals surface area contributed by atoms with Crippen LogP contribution in [0.1, 0.15) is 19.4 Å².